The number of amides is 4. The van der Waals surface area contributed by atoms with Crippen molar-refractivity contribution in [2.75, 3.05) is 13.3 Å². The summed E-state index contributed by atoms with van der Waals surface area (Å²) >= 11 is 0. The molecule has 1 saturated heterocycles. The van der Waals surface area contributed by atoms with Crippen LogP contribution in [0.25, 0.3) is 0 Å². The Balaban J connectivity index is 1.34. The van der Waals surface area contributed by atoms with Crippen molar-refractivity contribution < 1.29 is 23.9 Å². The molecular formula is C17H19N3O5. The van der Waals surface area contributed by atoms with Crippen LogP contribution in [0, 0.1) is 5.92 Å². The number of hydrogen-bond donors (Lipinski definition) is 2. The molecule has 0 unspecified atom stereocenters. The maximum Gasteiger partial charge on any atom is 0.325 e. The van der Waals surface area contributed by atoms with Gasteiger partial charge in [-0.2, -0.15) is 0 Å². The monoisotopic (exact) mass is 345 g/mol. The van der Waals surface area contributed by atoms with Crippen molar-refractivity contribution in [3.05, 3.63) is 23.8 Å². The number of urea groups is 1. The molecule has 4 amide bonds. The van der Waals surface area contributed by atoms with E-state index in [1.54, 1.807) is 19.1 Å². The molecule has 8 nitrogen and oxygen atoms in total. The second kappa shape index (κ2) is 5.65. The molecule has 132 valence electrons. The molecule has 1 aromatic carbocycles. The van der Waals surface area contributed by atoms with Crippen LogP contribution in [-0.2, 0) is 16.1 Å². The number of rotatable bonds is 5. The van der Waals surface area contributed by atoms with Gasteiger partial charge in [-0.25, -0.2) is 4.79 Å². The van der Waals surface area contributed by atoms with Gasteiger partial charge in [0.1, 0.15) is 12.1 Å². The third-order valence-electron chi connectivity index (χ3n) is 4.92. The number of nitrogens with zero attached hydrogens (tertiary/aromatic N) is 1. The first-order chi connectivity index (χ1) is 12.0. The third kappa shape index (κ3) is 2.77. The first-order valence-electron chi connectivity index (χ1n) is 8.27. The number of carbonyl (C=O) groups is 3. The third-order valence-corrected chi connectivity index (χ3v) is 4.92. The smallest absolute Gasteiger partial charge is 0.325 e. The van der Waals surface area contributed by atoms with E-state index >= 15 is 0 Å². The molecule has 0 radical (unpaired) electrons. The van der Waals surface area contributed by atoms with E-state index in [9.17, 15) is 14.4 Å². The molecule has 2 fully saturated rings. The van der Waals surface area contributed by atoms with E-state index in [-0.39, 0.29) is 37.6 Å². The Labute approximate surface area is 144 Å². The van der Waals surface area contributed by atoms with Crippen LogP contribution in [0.2, 0.25) is 0 Å². The molecule has 0 bridgehead atoms. The van der Waals surface area contributed by atoms with E-state index < -0.39 is 11.6 Å². The Hall–Kier alpha value is -2.77. The summed E-state index contributed by atoms with van der Waals surface area (Å²) in [5.74, 6) is 0.778. The van der Waals surface area contributed by atoms with E-state index in [4.69, 9.17) is 9.47 Å². The summed E-state index contributed by atoms with van der Waals surface area (Å²) in [6, 6.07) is 4.90. The van der Waals surface area contributed by atoms with Crippen molar-refractivity contribution in [2.45, 2.75) is 31.8 Å². The number of ether oxygens (including phenoxy) is 2. The molecule has 8 heteroatoms. The van der Waals surface area contributed by atoms with Gasteiger partial charge >= 0.3 is 6.03 Å². The number of carbonyl (C=O) groups excluding carboxylic acids is 3. The highest BCUT2D eigenvalue weighted by molar-refractivity contribution is 6.09. The summed E-state index contributed by atoms with van der Waals surface area (Å²) < 4.78 is 10.5. The second-order valence-corrected chi connectivity index (χ2v) is 6.76. The average molecular weight is 345 g/mol. The fraction of sp³-hybridized carbons (Fsp3) is 0.471. The summed E-state index contributed by atoms with van der Waals surface area (Å²) in [5, 5.41) is 5.45. The van der Waals surface area contributed by atoms with Crippen LogP contribution >= 0.6 is 0 Å². The molecule has 2 aliphatic heterocycles. The maximum absolute atomic E-state index is 12.5. The van der Waals surface area contributed by atoms with Crippen LogP contribution in [-0.4, -0.2) is 41.6 Å². The van der Waals surface area contributed by atoms with Crippen LogP contribution in [0.3, 0.4) is 0 Å². The predicted octanol–water partition coefficient (Wildman–Crippen LogP) is 0.752. The Kier molecular flexibility index (Phi) is 3.55. The molecule has 3 aliphatic rings. The second-order valence-electron chi connectivity index (χ2n) is 6.76. The normalized spacial score (nSPS) is 24.4. The van der Waals surface area contributed by atoms with Crippen LogP contribution in [0.15, 0.2) is 18.2 Å². The number of hydrogen-bond acceptors (Lipinski definition) is 5. The van der Waals surface area contributed by atoms with E-state index in [1.165, 1.54) is 0 Å². The van der Waals surface area contributed by atoms with Crippen molar-refractivity contribution in [2.24, 2.45) is 5.92 Å². The molecule has 2 N–H and O–H groups in total. The lowest BCUT2D eigenvalue weighted by atomic mass is 9.96. The minimum Gasteiger partial charge on any atom is -0.454 e. The lowest BCUT2D eigenvalue weighted by molar-refractivity contribution is -0.135. The van der Waals surface area contributed by atoms with Gasteiger partial charge in [0.25, 0.3) is 5.91 Å². The Morgan fingerprint density at radius 3 is 2.84 bits per heavy atom. The van der Waals surface area contributed by atoms with Crippen molar-refractivity contribution in [1.29, 1.82) is 0 Å². The van der Waals surface area contributed by atoms with Crippen LogP contribution < -0.4 is 20.1 Å². The summed E-state index contributed by atoms with van der Waals surface area (Å²) in [6.45, 7) is 1.92. The minimum absolute atomic E-state index is 0.172. The Bertz CT molecular complexity index is 761. The van der Waals surface area contributed by atoms with E-state index in [0.29, 0.717) is 11.5 Å². The van der Waals surface area contributed by atoms with Gasteiger partial charge in [-0.15, -0.1) is 0 Å². The fourth-order valence-corrected chi connectivity index (χ4v) is 3.25. The molecule has 4 rings (SSSR count). The van der Waals surface area contributed by atoms with E-state index in [2.05, 4.69) is 10.6 Å². The van der Waals surface area contributed by atoms with Crippen molar-refractivity contribution in [3.63, 3.8) is 0 Å². The van der Waals surface area contributed by atoms with Crippen molar-refractivity contribution >= 4 is 17.8 Å². The maximum atomic E-state index is 12.5. The first kappa shape index (κ1) is 15.7. The van der Waals surface area contributed by atoms with Gasteiger partial charge in [0.05, 0.1) is 0 Å². The van der Waals surface area contributed by atoms with Gasteiger partial charge in [-0.3, -0.25) is 14.5 Å². The van der Waals surface area contributed by atoms with Gasteiger partial charge < -0.3 is 20.1 Å². The summed E-state index contributed by atoms with van der Waals surface area (Å²) in [6.07, 6.45) is 1.85. The number of fused-ring (bicyclic) bond motifs is 1. The Morgan fingerprint density at radius 1 is 1.32 bits per heavy atom. The van der Waals surface area contributed by atoms with E-state index in [1.807, 2.05) is 6.07 Å². The molecule has 0 aromatic heterocycles. The number of imide groups is 1. The molecule has 1 atom stereocenters. The van der Waals surface area contributed by atoms with Gasteiger partial charge in [0.2, 0.25) is 12.7 Å². The highest BCUT2D eigenvalue weighted by atomic mass is 16.7. The zero-order chi connectivity index (χ0) is 17.6. The lowest BCUT2D eigenvalue weighted by Gasteiger charge is -2.20. The average Bonchev–Trinajstić information content (AvgIpc) is 3.31. The van der Waals surface area contributed by atoms with Gasteiger partial charge in [-0.05, 0) is 43.4 Å². The predicted molar refractivity (Wildman–Crippen MR) is 85.8 cm³/mol. The summed E-state index contributed by atoms with van der Waals surface area (Å²) in [5.41, 5.74) is -0.0214. The molecule has 1 aromatic rings. The molecule has 1 aliphatic carbocycles. The zero-order valence-electron chi connectivity index (χ0n) is 13.8. The summed E-state index contributed by atoms with van der Waals surface area (Å²) in [7, 11) is 0. The van der Waals surface area contributed by atoms with Gasteiger partial charge in [-0.1, -0.05) is 6.07 Å². The van der Waals surface area contributed by atoms with Gasteiger partial charge in [0, 0.05) is 6.54 Å². The van der Waals surface area contributed by atoms with Crippen LogP contribution in [0.5, 0.6) is 11.5 Å². The summed E-state index contributed by atoms with van der Waals surface area (Å²) in [4.78, 5) is 37.7. The number of benzene rings is 1. The zero-order valence-corrected chi connectivity index (χ0v) is 13.8. The largest absolute Gasteiger partial charge is 0.454 e. The molecular weight excluding hydrogens is 326 g/mol. The van der Waals surface area contributed by atoms with Crippen LogP contribution in [0.4, 0.5) is 4.79 Å². The molecule has 1 saturated carbocycles. The topological polar surface area (TPSA) is 97.0 Å². The lowest BCUT2D eigenvalue weighted by Crippen LogP contribution is -2.46. The molecule has 2 heterocycles. The van der Waals surface area contributed by atoms with E-state index in [0.717, 1.165) is 23.3 Å². The molecule has 0 spiro atoms. The number of nitrogens with one attached hydrogen (secondary N) is 2. The van der Waals surface area contributed by atoms with Crippen molar-refractivity contribution in [3.8, 4) is 11.5 Å². The van der Waals surface area contributed by atoms with Gasteiger partial charge in [0.15, 0.2) is 11.5 Å². The SMILES string of the molecule is C[C@]1(C2CC2)NC(=O)N(CC(=O)NCc2ccc3c(c2)OCO3)C1=O. The Morgan fingerprint density at radius 2 is 2.08 bits per heavy atom. The quantitative estimate of drug-likeness (QED) is 0.768. The van der Waals surface area contributed by atoms with Crippen LogP contribution in [0.1, 0.15) is 25.3 Å². The first-order valence-corrected chi connectivity index (χ1v) is 8.27. The minimum atomic E-state index is -0.866. The highest BCUT2D eigenvalue weighted by Gasteiger charge is 2.56. The molecule has 25 heavy (non-hydrogen) atoms. The van der Waals surface area contributed by atoms with Crippen molar-refractivity contribution in [1.82, 2.24) is 15.5 Å². The highest BCUT2D eigenvalue weighted by Crippen LogP contribution is 2.42. The standard InChI is InChI=1S/C17H19N3O5/c1-17(11-3-4-11)15(22)20(16(23)19-17)8-14(21)18-7-10-2-5-12-13(6-10)25-9-24-12/h2,5-6,11H,3-4,7-9H2,1H3,(H,18,21)(H,19,23)/t17-/m1/s1. The fourth-order valence-electron chi connectivity index (χ4n) is 3.25.